The second-order valence-electron chi connectivity index (χ2n) is 9.89. The molecule has 1 saturated carbocycles. The number of halogens is 4. The van der Waals surface area contributed by atoms with Crippen molar-refractivity contribution in [3.8, 4) is 5.75 Å². The van der Waals surface area contributed by atoms with Gasteiger partial charge in [0.1, 0.15) is 16.5 Å². The predicted octanol–water partition coefficient (Wildman–Crippen LogP) is 4.73. The van der Waals surface area contributed by atoms with Crippen LogP contribution in [-0.2, 0) is 14.8 Å². The number of nitrogens with zero attached hydrogens (tertiary/aromatic N) is 3. The van der Waals surface area contributed by atoms with Crippen molar-refractivity contribution in [3.05, 3.63) is 6.07 Å². The van der Waals surface area contributed by atoms with Gasteiger partial charge < -0.3 is 14.7 Å². The number of aromatic nitrogens is 1. The third-order valence-corrected chi connectivity index (χ3v) is 9.49. The van der Waals surface area contributed by atoms with Crippen molar-refractivity contribution in [3.63, 3.8) is 0 Å². The molecular weight excluding hydrogens is 538 g/mol. The maximum absolute atomic E-state index is 13.9. The Morgan fingerprint density at radius 2 is 1.97 bits per heavy atom. The highest BCUT2D eigenvalue weighted by Crippen LogP contribution is 2.43. The Bertz CT molecular complexity index is 1090. The Kier molecular flexibility index (Phi) is 8.95. The summed E-state index contributed by atoms with van der Waals surface area (Å²) in [5.74, 6) is -7.63. The maximum atomic E-state index is 13.9. The lowest BCUT2D eigenvalue weighted by molar-refractivity contribution is -0.142. The number of rotatable bonds is 9. The molecular formula is C23H33F4N3O5S2. The minimum Gasteiger partial charge on any atom is -0.490 e. The number of anilines is 1. The van der Waals surface area contributed by atoms with E-state index in [9.17, 15) is 30.8 Å². The molecule has 0 bridgehead atoms. The fourth-order valence-corrected chi connectivity index (χ4v) is 6.54. The first-order chi connectivity index (χ1) is 17.1. The average Bonchev–Trinajstić information content (AvgIpc) is 2.88. The maximum Gasteiger partial charge on any atom is 0.309 e. The summed E-state index contributed by atoms with van der Waals surface area (Å²) in [6.45, 7) is 2.00. The molecule has 37 heavy (non-hydrogen) atoms. The molecule has 1 N–H and O–H groups in total. The van der Waals surface area contributed by atoms with Crippen LogP contribution in [0, 0.1) is 5.92 Å². The number of pyridine rings is 1. The summed E-state index contributed by atoms with van der Waals surface area (Å²) in [5, 5.41) is 9.47. The SMILES string of the molecule is CSc1nc2c(cc1OC[C@@H](C)C(=O)O)S(=O)(=O)N(C)[C@H](CCC(C)(F)F)CN2C1CCC(F)(F)CC1. The Hall–Kier alpha value is -1.80. The Balaban J connectivity index is 2.09. The summed E-state index contributed by atoms with van der Waals surface area (Å²) in [6.07, 6.45) is 0.462. The molecule has 0 saturated heterocycles. The Morgan fingerprint density at radius 3 is 2.51 bits per heavy atom. The number of hydrogen-bond acceptors (Lipinski definition) is 7. The fourth-order valence-electron chi connectivity index (χ4n) is 4.51. The van der Waals surface area contributed by atoms with E-state index < -0.39 is 52.3 Å². The van der Waals surface area contributed by atoms with E-state index in [1.807, 2.05) is 0 Å². The van der Waals surface area contributed by atoms with Gasteiger partial charge in [0, 0.05) is 51.0 Å². The van der Waals surface area contributed by atoms with Crippen molar-refractivity contribution >= 4 is 33.6 Å². The highest BCUT2D eigenvalue weighted by Gasteiger charge is 2.44. The van der Waals surface area contributed by atoms with E-state index in [0.29, 0.717) is 5.03 Å². The second-order valence-corrected chi connectivity index (χ2v) is 12.7. The standard InChI is InChI=1S/C23H33F4N3O5S2/c1-14(21(31)32)13-35-17-11-18-19(28-20(17)36-4)30(15-6-9-23(26,27)10-7-15)12-16(5-8-22(2,24)25)29(3)37(18,33)34/h11,14-16H,5-10,12-13H2,1-4H3,(H,31,32)/t14-,16-/m1/s1. The first kappa shape index (κ1) is 29.8. The highest BCUT2D eigenvalue weighted by atomic mass is 32.2. The van der Waals surface area contributed by atoms with Crippen molar-refractivity contribution < 1.29 is 40.6 Å². The second kappa shape index (κ2) is 11.1. The van der Waals surface area contributed by atoms with Crippen molar-refractivity contribution in [1.29, 1.82) is 0 Å². The largest absolute Gasteiger partial charge is 0.490 e. The molecule has 2 atom stereocenters. The summed E-state index contributed by atoms with van der Waals surface area (Å²) in [6, 6.07) is -0.0252. The molecule has 210 valence electrons. The number of aliphatic carboxylic acids is 1. The number of carboxylic acid groups (broad SMARTS) is 1. The quantitative estimate of drug-likeness (QED) is 0.336. The van der Waals surface area contributed by atoms with Gasteiger partial charge in [-0.3, -0.25) is 4.79 Å². The molecule has 1 aromatic heterocycles. The van der Waals surface area contributed by atoms with Gasteiger partial charge in [-0.05, 0) is 39.4 Å². The van der Waals surface area contributed by atoms with Gasteiger partial charge in [-0.2, -0.15) is 4.31 Å². The van der Waals surface area contributed by atoms with E-state index in [-0.39, 0.29) is 61.7 Å². The third-order valence-electron chi connectivity index (χ3n) is 6.90. The van der Waals surface area contributed by atoms with E-state index in [0.717, 1.165) is 23.0 Å². The van der Waals surface area contributed by atoms with Gasteiger partial charge in [0.05, 0.1) is 5.92 Å². The molecule has 1 aliphatic carbocycles. The average molecular weight is 572 g/mol. The smallest absolute Gasteiger partial charge is 0.309 e. The van der Waals surface area contributed by atoms with Crippen molar-refractivity contribution in [2.45, 2.75) is 86.2 Å². The number of likely N-dealkylation sites (N-methyl/N-ethyl adjacent to an activating group) is 1. The first-order valence-corrected chi connectivity index (χ1v) is 14.7. The number of alkyl halides is 4. The minimum absolute atomic E-state index is 0.0200. The number of fused-ring (bicyclic) bond motifs is 1. The minimum atomic E-state index is -4.24. The van der Waals surface area contributed by atoms with Crippen LogP contribution < -0.4 is 9.64 Å². The van der Waals surface area contributed by atoms with Crippen LogP contribution >= 0.6 is 11.8 Å². The van der Waals surface area contributed by atoms with Crippen LogP contribution in [0.25, 0.3) is 0 Å². The molecule has 0 aromatic carbocycles. The molecule has 2 aliphatic rings. The van der Waals surface area contributed by atoms with Crippen LogP contribution in [0.2, 0.25) is 0 Å². The molecule has 3 rings (SSSR count). The zero-order valence-corrected chi connectivity index (χ0v) is 22.8. The van der Waals surface area contributed by atoms with Crippen molar-refractivity contribution in [2.75, 3.05) is 31.4 Å². The molecule has 1 aliphatic heterocycles. The van der Waals surface area contributed by atoms with Gasteiger partial charge in [-0.25, -0.2) is 31.0 Å². The lowest BCUT2D eigenvalue weighted by atomic mass is 9.90. The van der Waals surface area contributed by atoms with Crippen molar-refractivity contribution in [2.24, 2.45) is 5.92 Å². The van der Waals surface area contributed by atoms with E-state index >= 15 is 0 Å². The summed E-state index contributed by atoms with van der Waals surface area (Å²) in [4.78, 5) is 17.2. The van der Waals surface area contributed by atoms with Crippen molar-refractivity contribution in [1.82, 2.24) is 9.29 Å². The predicted molar refractivity (Wildman–Crippen MR) is 131 cm³/mol. The molecule has 0 spiro atoms. The summed E-state index contributed by atoms with van der Waals surface area (Å²) < 4.78 is 89.4. The Morgan fingerprint density at radius 1 is 1.35 bits per heavy atom. The van der Waals surface area contributed by atoms with Crippen LogP contribution in [0.15, 0.2) is 16.0 Å². The fraction of sp³-hybridized carbons (Fsp3) is 0.739. The summed E-state index contributed by atoms with van der Waals surface area (Å²) in [5.41, 5.74) is 0. The molecule has 8 nitrogen and oxygen atoms in total. The lowest BCUT2D eigenvalue weighted by Gasteiger charge is -2.39. The zero-order valence-electron chi connectivity index (χ0n) is 21.2. The van der Waals surface area contributed by atoms with Gasteiger partial charge in [-0.1, -0.05) is 0 Å². The van der Waals surface area contributed by atoms with E-state index in [4.69, 9.17) is 9.84 Å². The molecule has 1 fully saturated rings. The van der Waals surface area contributed by atoms with Crippen LogP contribution in [0.4, 0.5) is 23.4 Å². The zero-order chi connectivity index (χ0) is 27.8. The molecule has 14 heteroatoms. The van der Waals surface area contributed by atoms with Gasteiger partial charge in [0.2, 0.25) is 21.9 Å². The first-order valence-electron chi connectivity index (χ1n) is 12.0. The number of carboxylic acids is 1. The lowest BCUT2D eigenvalue weighted by Crippen LogP contribution is -2.47. The molecule has 0 radical (unpaired) electrons. The van der Waals surface area contributed by atoms with Gasteiger partial charge in [0.25, 0.3) is 0 Å². The third kappa shape index (κ3) is 6.99. The molecule has 0 unspecified atom stereocenters. The van der Waals surface area contributed by atoms with Crippen LogP contribution in [0.5, 0.6) is 5.75 Å². The number of thioether (sulfide) groups is 1. The molecule has 0 amide bonds. The van der Waals surface area contributed by atoms with Gasteiger partial charge in [-0.15, -0.1) is 11.8 Å². The monoisotopic (exact) mass is 571 g/mol. The van der Waals surface area contributed by atoms with Crippen LogP contribution in [-0.4, -0.2) is 79.2 Å². The number of sulfonamides is 1. The van der Waals surface area contributed by atoms with Gasteiger partial charge >= 0.3 is 5.97 Å². The number of hydrogen-bond donors (Lipinski definition) is 1. The normalized spacial score (nSPS) is 23.2. The van der Waals surface area contributed by atoms with Crippen LogP contribution in [0.1, 0.15) is 52.4 Å². The summed E-state index contributed by atoms with van der Waals surface area (Å²) in [7, 11) is -2.93. The number of carbonyl (C=O) groups is 1. The number of ether oxygens (including phenoxy) is 1. The highest BCUT2D eigenvalue weighted by molar-refractivity contribution is 7.98. The topological polar surface area (TPSA) is 100 Å². The molecule has 1 aromatic rings. The Labute approximate surface area is 218 Å². The van der Waals surface area contributed by atoms with Crippen LogP contribution in [0.3, 0.4) is 0 Å². The van der Waals surface area contributed by atoms with E-state index in [1.54, 1.807) is 11.2 Å². The summed E-state index contributed by atoms with van der Waals surface area (Å²) >= 11 is 1.16. The molecule has 2 heterocycles. The van der Waals surface area contributed by atoms with Gasteiger partial charge in [0.15, 0.2) is 11.6 Å². The van der Waals surface area contributed by atoms with E-state index in [2.05, 4.69) is 4.98 Å². The van der Waals surface area contributed by atoms with E-state index in [1.165, 1.54) is 20.0 Å².